The summed E-state index contributed by atoms with van der Waals surface area (Å²) in [7, 11) is 1.18. The quantitative estimate of drug-likeness (QED) is 0.747. The molecule has 0 aromatic carbocycles. The van der Waals surface area contributed by atoms with E-state index < -0.39 is 12.7 Å². The van der Waals surface area contributed by atoms with Crippen LogP contribution < -0.4 is 0 Å². The molecule has 1 aliphatic rings. The zero-order valence-corrected chi connectivity index (χ0v) is 13.6. The predicted octanol–water partition coefficient (Wildman–Crippen LogP) is 2.65. The first-order valence-corrected chi connectivity index (χ1v) is 6.89. The van der Waals surface area contributed by atoms with E-state index >= 15 is 0 Å². The van der Waals surface area contributed by atoms with E-state index in [1.165, 1.54) is 0 Å². The summed E-state index contributed by atoms with van der Waals surface area (Å²) < 4.78 is 16.6. The average molecular weight is 283 g/mol. The molecule has 0 bridgehead atoms. The van der Waals surface area contributed by atoms with Crippen LogP contribution in [0.15, 0.2) is 11.5 Å². The summed E-state index contributed by atoms with van der Waals surface area (Å²) >= 11 is 0. The van der Waals surface area contributed by atoms with Gasteiger partial charge in [0.05, 0.1) is 0 Å². The first-order valence-electron chi connectivity index (χ1n) is 6.89. The fourth-order valence-electron chi connectivity index (χ4n) is 1.81. The standard InChI is InChI=1S/C14H26BNO4/c1-13(2,3)19-12(17)16-9-8-11(10-16)15(18-7)20-14(4,5)6/h8H,9-10H2,1-7H3. The van der Waals surface area contributed by atoms with Gasteiger partial charge in [-0.05, 0) is 47.0 Å². The van der Waals surface area contributed by atoms with Crippen molar-refractivity contribution in [1.29, 1.82) is 0 Å². The van der Waals surface area contributed by atoms with Crippen LogP contribution in [0.1, 0.15) is 41.5 Å². The molecule has 0 N–H and O–H groups in total. The maximum Gasteiger partial charge on any atom is 0.491 e. The highest BCUT2D eigenvalue weighted by Crippen LogP contribution is 2.20. The summed E-state index contributed by atoms with van der Waals surface area (Å²) in [5.41, 5.74) is 0.164. The van der Waals surface area contributed by atoms with Crippen LogP contribution in [0.2, 0.25) is 0 Å². The Labute approximate surface area is 122 Å². The molecule has 0 radical (unpaired) electrons. The van der Waals surface area contributed by atoms with Crippen LogP contribution in [-0.2, 0) is 14.0 Å². The van der Waals surface area contributed by atoms with Gasteiger partial charge in [0.25, 0.3) is 0 Å². The van der Waals surface area contributed by atoms with Gasteiger partial charge < -0.3 is 18.9 Å². The van der Waals surface area contributed by atoms with Crippen molar-refractivity contribution < 1.29 is 18.8 Å². The summed E-state index contributed by atoms with van der Waals surface area (Å²) in [6.07, 6.45) is 1.65. The maximum atomic E-state index is 12.0. The summed E-state index contributed by atoms with van der Waals surface area (Å²) in [6.45, 7) is 12.5. The minimum Gasteiger partial charge on any atom is -0.444 e. The van der Waals surface area contributed by atoms with Crippen molar-refractivity contribution in [3.63, 3.8) is 0 Å². The Bertz CT molecular complexity index is 382. The molecule has 1 heterocycles. The van der Waals surface area contributed by atoms with Crippen molar-refractivity contribution in [2.45, 2.75) is 52.7 Å². The molecule has 0 aromatic heterocycles. The highest BCUT2D eigenvalue weighted by molar-refractivity contribution is 6.54. The lowest BCUT2D eigenvalue weighted by atomic mass is 9.77. The molecule has 1 rings (SSSR count). The Balaban J connectivity index is 2.59. The molecule has 0 unspecified atom stereocenters. The summed E-state index contributed by atoms with van der Waals surface area (Å²) in [6, 6.07) is 0. The van der Waals surface area contributed by atoms with Crippen LogP contribution in [0, 0.1) is 0 Å². The molecule has 0 spiro atoms. The van der Waals surface area contributed by atoms with E-state index in [1.807, 2.05) is 47.6 Å². The third-order valence-electron chi connectivity index (χ3n) is 2.58. The molecule has 0 saturated carbocycles. The Morgan fingerprint density at radius 3 is 2.25 bits per heavy atom. The van der Waals surface area contributed by atoms with Crippen molar-refractivity contribution in [3.05, 3.63) is 11.5 Å². The Morgan fingerprint density at radius 2 is 1.80 bits per heavy atom. The van der Waals surface area contributed by atoms with E-state index in [1.54, 1.807) is 12.0 Å². The summed E-state index contributed by atoms with van der Waals surface area (Å²) in [4.78, 5) is 13.6. The van der Waals surface area contributed by atoms with Gasteiger partial charge in [-0.3, -0.25) is 0 Å². The molecular formula is C14H26BNO4. The molecule has 114 valence electrons. The van der Waals surface area contributed by atoms with E-state index in [4.69, 9.17) is 14.0 Å². The highest BCUT2D eigenvalue weighted by Gasteiger charge is 2.34. The lowest BCUT2D eigenvalue weighted by Gasteiger charge is -2.26. The van der Waals surface area contributed by atoms with Gasteiger partial charge in [-0.25, -0.2) is 4.79 Å². The number of carbonyl (C=O) groups is 1. The van der Waals surface area contributed by atoms with Crippen molar-refractivity contribution in [2.24, 2.45) is 0 Å². The monoisotopic (exact) mass is 283 g/mol. The minimum absolute atomic E-state index is 0.305. The van der Waals surface area contributed by atoms with E-state index in [0.717, 1.165) is 5.47 Å². The number of nitrogens with zero attached hydrogens (tertiary/aromatic N) is 1. The number of amides is 1. The van der Waals surface area contributed by atoms with Crippen molar-refractivity contribution in [1.82, 2.24) is 4.90 Å². The van der Waals surface area contributed by atoms with E-state index in [9.17, 15) is 4.79 Å². The third-order valence-corrected chi connectivity index (χ3v) is 2.58. The zero-order chi connectivity index (χ0) is 15.6. The van der Waals surface area contributed by atoms with Crippen molar-refractivity contribution in [2.75, 3.05) is 20.2 Å². The number of ether oxygens (including phenoxy) is 1. The first-order chi connectivity index (χ1) is 9.02. The van der Waals surface area contributed by atoms with E-state index in [-0.39, 0.29) is 11.7 Å². The SMILES string of the molecule is COB(OC(C)(C)C)C1=CCN(C(=O)OC(C)(C)C)C1. The Kier molecular flexibility index (Phi) is 5.27. The van der Waals surface area contributed by atoms with Crippen molar-refractivity contribution in [3.8, 4) is 0 Å². The van der Waals surface area contributed by atoms with Crippen molar-refractivity contribution >= 4 is 13.2 Å². The van der Waals surface area contributed by atoms with Gasteiger partial charge in [-0.15, -0.1) is 0 Å². The predicted molar refractivity (Wildman–Crippen MR) is 79.5 cm³/mol. The smallest absolute Gasteiger partial charge is 0.444 e. The number of rotatable bonds is 3. The molecule has 5 nitrogen and oxygen atoms in total. The van der Waals surface area contributed by atoms with Gasteiger partial charge in [0.15, 0.2) is 0 Å². The fraction of sp³-hybridized carbons (Fsp3) is 0.786. The molecule has 20 heavy (non-hydrogen) atoms. The van der Waals surface area contributed by atoms with Crippen LogP contribution in [-0.4, -0.2) is 49.5 Å². The average Bonchev–Trinajstić information content (AvgIpc) is 2.71. The van der Waals surface area contributed by atoms with Crippen LogP contribution >= 0.6 is 0 Å². The van der Waals surface area contributed by atoms with Gasteiger partial charge in [0, 0.05) is 25.8 Å². The van der Waals surface area contributed by atoms with Crippen LogP contribution in [0.5, 0.6) is 0 Å². The second-order valence-electron chi connectivity index (χ2n) is 6.94. The normalized spacial score (nSPS) is 16.1. The molecule has 1 amide bonds. The second-order valence-corrected chi connectivity index (χ2v) is 6.94. The molecule has 0 saturated heterocycles. The van der Waals surface area contributed by atoms with Gasteiger partial charge in [-0.2, -0.15) is 0 Å². The fourth-order valence-corrected chi connectivity index (χ4v) is 1.81. The van der Waals surface area contributed by atoms with Crippen LogP contribution in [0.3, 0.4) is 0 Å². The number of hydrogen-bond donors (Lipinski definition) is 0. The second kappa shape index (κ2) is 6.18. The van der Waals surface area contributed by atoms with Crippen LogP contribution in [0.25, 0.3) is 0 Å². The minimum atomic E-state index is -0.484. The van der Waals surface area contributed by atoms with Gasteiger partial charge >= 0.3 is 13.2 Å². The summed E-state index contributed by atoms with van der Waals surface area (Å²) in [5, 5.41) is 0. The first kappa shape index (κ1) is 17.0. The topological polar surface area (TPSA) is 48.0 Å². The van der Waals surface area contributed by atoms with E-state index in [0.29, 0.717) is 13.1 Å². The third kappa shape index (κ3) is 5.55. The Hall–Kier alpha value is -1.01. The lowest BCUT2D eigenvalue weighted by molar-refractivity contribution is 0.0301. The largest absolute Gasteiger partial charge is 0.491 e. The molecule has 6 heteroatoms. The van der Waals surface area contributed by atoms with E-state index in [2.05, 4.69) is 0 Å². The molecular weight excluding hydrogens is 257 g/mol. The van der Waals surface area contributed by atoms with Gasteiger partial charge in [-0.1, -0.05) is 6.08 Å². The molecule has 0 atom stereocenters. The number of hydrogen-bond acceptors (Lipinski definition) is 4. The van der Waals surface area contributed by atoms with Crippen LogP contribution in [0.4, 0.5) is 4.79 Å². The number of carbonyl (C=O) groups excluding carboxylic acids is 1. The Morgan fingerprint density at radius 1 is 1.20 bits per heavy atom. The molecule has 0 aliphatic carbocycles. The highest BCUT2D eigenvalue weighted by atomic mass is 16.6. The van der Waals surface area contributed by atoms with Gasteiger partial charge in [0.2, 0.25) is 0 Å². The molecule has 1 aliphatic heterocycles. The van der Waals surface area contributed by atoms with Gasteiger partial charge in [0.1, 0.15) is 5.60 Å². The maximum absolute atomic E-state index is 12.0. The summed E-state index contributed by atoms with van der Waals surface area (Å²) in [5.74, 6) is 0. The lowest BCUT2D eigenvalue weighted by Crippen LogP contribution is -2.39. The molecule has 0 fully saturated rings. The zero-order valence-electron chi connectivity index (χ0n) is 13.6. The molecule has 0 aromatic rings.